The van der Waals surface area contributed by atoms with Crippen LogP contribution < -0.4 is 0 Å². The molecule has 13 heavy (non-hydrogen) atoms. The zero-order valence-corrected chi connectivity index (χ0v) is 9.43. The molecule has 76 valence electrons. The Bertz CT molecular complexity index is 168. The molecule has 0 spiro atoms. The average Bonchev–Trinajstić information content (AvgIpc) is 2.05. The molecule has 0 aliphatic carbocycles. The lowest BCUT2D eigenvalue weighted by atomic mass is 9.99. The van der Waals surface area contributed by atoms with Gasteiger partial charge in [0.05, 0.1) is 0 Å². The standard InChI is InChI=1S/C12H23N/c1-5-12(9-13)7-6-11(4)8-10(2)3/h6,9-10,12-13H,5,7-8H2,1-4H3/b11-6+,13-9?. The van der Waals surface area contributed by atoms with Crippen molar-refractivity contribution >= 4 is 6.21 Å². The number of rotatable bonds is 6. The van der Waals surface area contributed by atoms with E-state index in [-0.39, 0.29) is 0 Å². The van der Waals surface area contributed by atoms with E-state index in [9.17, 15) is 0 Å². The average molecular weight is 181 g/mol. The van der Waals surface area contributed by atoms with Crippen LogP contribution in [0.2, 0.25) is 0 Å². The second-order valence-corrected chi connectivity index (χ2v) is 4.22. The van der Waals surface area contributed by atoms with Crippen LogP contribution in [0.25, 0.3) is 0 Å². The van der Waals surface area contributed by atoms with Crippen LogP contribution >= 0.6 is 0 Å². The maximum absolute atomic E-state index is 7.19. The van der Waals surface area contributed by atoms with E-state index < -0.39 is 0 Å². The van der Waals surface area contributed by atoms with E-state index in [1.807, 2.05) is 0 Å². The van der Waals surface area contributed by atoms with E-state index >= 15 is 0 Å². The summed E-state index contributed by atoms with van der Waals surface area (Å²) in [5.41, 5.74) is 1.47. The zero-order valence-electron chi connectivity index (χ0n) is 9.43. The molecule has 0 fully saturated rings. The third-order valence-electron chi connectivity index (χ3n) is 2.26. The van der Waals surface area contributed by atoms with Crippen molar-refractivity contribution < 1.29 is 0 Å². The molecular formula is C12H23N. The molecule has 0 radical (unpaired) electrons. The molecule has 0 heterocycles. The number of nitrogens with one attached hydrogen (secondary N) is 1. The van der Waals surface area contributed by atoms with Crippen LogP contribution in [-0.2, 0) is 0 Å². The summed E-state index contributed by atoms with van der Waals surface area (Å²) in [6.07, 6.45) is 7.17. The molecule has 1 nitrogen and oxygen atoms in total. The first kappa shape index (κ1) is 12.4. The van der Waals surface area contributed by atoms with Gasteiger partial charge in [-0.05, 0) is 44.2 Å². The van der Waals surface area contributed by atoms with Crippen molar-refractivity contribution in [1.82, 2.24) is 0 Å². The highest BCUT2D eigenvalue weighted by Gasteiger charge is 2.00. The maximum atomic E-state index is 7.19. The van der Waals surface area contributed by atoms with Crippen LogP contribution in [0.4, 0.5) is 0 Å². The number of allylic oxidation sites excluding steroid dienone is 2. The van der Waals surface area contributed by atoms with Crippen LogP contribution in [-0.4, -0.2) is 6.21 Å². The molecule has 0 amide bonds. The molecule has 0 aromatic rings. The second kappa shape index (κ2) is 6.88. The lowest BCUT2D eigenvalue weighted by Crippen LogP contribution is -1.98. The lowest BCUT2D eigenvalue weighted by Gasteiger charge is -2.07. The molecule has 0 aromatic carbocycles. The molecule has 1 heteroatoms. The van der Waals surface area contributed by atoms with Crippen molar-refractivity contribution in [3.05, 3.63) is 11.6 Å². The van der Waals surface area contributed by atoms with E-state index in [1.54, 1.807) is 6.21 Å². The second-order valence-electron chi connectivity index (χ2n) is 4.22. The third kappa shape index (κ3) is 6.56. The molecule has 0 aliphatic rings. The summed E-state index contributed by atoms with van der Waals surface area (Å²) >= 11 is 0. The van der Waals surface area contributed by atoms with Gasteiger partial charge in [-0.3, -0.25) is 0 Å². The Morgan fingerprint density at radius 1 is 1.38 bits per heavy atom. The minimum absolute atomic E-state index is 0.446. The van der Waals surface area contributed by atoms with Gasteiger partial charge in [0.25, 0.3) is 0 Å². The van der Waals surface area contributed by atoms with Crippen LogP contribution in [0.15, 0.2) is 11.6 Å². The quantitative estimate of drug-likeness (QED) is 0.472. The van der Waals surface area contributed by atoms with Crippen LogP contribution in [0.5, 0.6) is 0 Å². The highest BCUT2D eigenvalue weighted by Crippen LogP contribution is 2.13. The fourth-order valence-corrected chi connectivity index (χ4v) is 1.43. The largest absolute Gasteiger partial charge is 0.313 e. The number of hydrogen-bond acceptors (Lipinski definition) is 1. The van der Waals surface area contributed by atoms with Gasteiger partial charge in [0.1, 0.15) is 0 Å². The van der Waals surface area contributed by atoms with Crippen molar-refractivity contribution in [2.24, 2.45) is 11.8 Å². The maximum Gasteiger partial charge on any atom is -0.00137 e. The van der Waals surface area contributed by atoms with Crippen molar-refractivity contribution in [1.29, 1.82) is 5.41 Å². The van der Waals surface area contributed by atoms with Crippen molar-refractivity contribution in [2.45, 2.75) is 47.0 Å². The normalized spacial score (nSPS) is 14.7. The monoisotopic (exact) mass is 181 g/mol. The molecule has 0 aliphatic heterocycles. The SMILES string of the molecule is CCC(C=N)C/C=C(\C)CC(C)C. The van der Waals surface area contributed by atoms with Gasteiger partial charge in [0, 0.05) is 0 Å². The summed E-state index contributed by atoms with van der Waals surface area (Å²) in [5.74, 6) is 1.19. The van der Waals surface area contributed by atoms with Crippen LogP contribution in [0.3, 0.4) is 0 Å². The molecule has 0 aromatic heterocycles. The van der Waals surface area contributed by atoms with Gasteiger partial charge in [-0.2, -0.15) is 0 Å². The minimum Gasteiger partial charge on any atom is -0.313 e. The van der Waals surface area contributed by atoms with Gasteiger partial charge in [-0.25, -0.2) is 0 Å². The van der Waals surface area contributed by atoms with Gasteiger partial charge in [0.15, 0.2) is 0 Å². The highest BCUT2D eigenvalue weighted by molar-refractivity contribution is 5.56. The van der Waals surface area contributed by atoms with E-state index in [2.05, 4.69) is 33.8 Å². The Morgan fingerprint density at radius 2 is 2.00 bits per heavy atom. The van der Waals surface area contributed by atoms with Gasteiger partial charge in [-0.15, -0.1) is 0 Å². The zero-order chi connectivity index (χ0) is 10.3. The van der Waals surface area contributed by atoms with E-state index in [0.29, 0.717) is 5.92 Å². The molecule has 0 bridgehead atoms. The fraction of sp³-hybridized carbons (Fsp3) is 0.750. The van der Waals surface area contributed by atoms with Gasteiger partial charge < -0.3 is 5.41 Å². The van der Waals surface area contributed by atoms with Crippen LogP contribution in [0.1, 0.15) is 47.0 Å². The first-order valence-electron chi connectivity index (χ1n) is 5.26. The fourth-order valence-electron chi connectivity index (χ4n) is 1.43. The lowest BCUT2D eigenvalue weighted by molar-refractivity contribution is 0.632. The molecule has 0 rings (SSSR count). The Labute approximate surface area is 82.7 Å². The van der Waals surface area contributed by atoms with Crippen molar-refractivity contribution in [2.75, 3.05) is 0 Å². The van der Waals surface area contributed by atoms with Crippen molar-refractivity contribution in [3.8, 4) is 0 Å². The summed E-state index contributed by atoms with van der Waals surface area (Å²) in [4.78, 5) is 0. The predicted octanol–water partition coefficient (Wildman–Crippen LogP) is 4.04. The Balaban J connectivity index is 3.87. The molecular weight excluding hydrogens is 158 g/mol. The van der Waals surface area contributed by atoms with E-state index in [0.717, 1.165) is 18.8 Å². The topological polar surface area (TPSA) is 23.9 Å². The number of hydrogen-bond donors (Lipinski definition) is 1. The smallest absolute Gasteiger partial charge is 0.00137 e. The third-order valence-corrected chi connectivity index (χ3v) is 2.26. The Morgan fingerprint density at radius 3 is 2.38 bits per heavy atom. The molecule has 0 saturated heterocycles. The summed E-state index contributed by atoms with van der Waals surface area (Å²) in [7, 11) is 0. The molecule has 1 atom stereocenters. The molecule has 1 N–H and O–H groups in total. The highest BCUT2D eigenvalue weighted by atomic mass is 14.3. The van der Waals surface area contributed by atoms with Gasteiger partial charge in [-0.1, -0.05) is 32.4 Å². The molecule has 0 saturated carbocycles. The van der Waals surface area contributed by atoms with E-state index in [4.69, 9.17) is 5.41 Å². The Hall–Kier alpha value is -0.590. The van der Waals surface area contributed by atoms with E-state index in [1.165, 1.54) is 12.0 Å². The summed E-state index contributed by atoms with van der Waals surface area (Å²) in [5, 5.41) is 7.19. The minimum atomic E-state index is 0.446. The molecule has 1 unspecified atom stereocenters. The van der Waals surface area contributed by atoms with Gasteiger partial charge >= 0.3 is 0 Å². The summed E-state index contributed by atoms with van der Waals surface area (Å²) < 4.78 is 0. The Kier molecular flexibility index (Phi) is 6.56. The predicted molar refractivity (Wildman–Crippen MR) is 60.4 cm³/mol. The van der Waals surface area contributed by atoms with Crippen LogP contribution in [0, 0.1) is 17.2 Å². The summed E-state index contributed by atoms with van der Waals surface area (Å²) in [6, 6.07) is 0. The van der Waals surface area contributed by atoms with Crippen molar-refractivity contribution in [3.63, 3.8) is 0 Å². The van der Waals surface area contributed by atoms with Gasteiger partial charge in [0.2, 0.25) is 0 Å². The first-order chi connectivity index (χ1) is 6.10. The summed E-state index contributed by atoms with van der Waals surface area (Å²) in [6.45, 7) is 8.81. The first-order valence-corrected chi connectivity index (χ1v) is 5.26.